The summed E-state index contributed by atoms with van der Waals surface area (Å²) < 4.78 is 5.66. The van der Waals surface area contributed by atoms with E-state index in [9.17, 15) is 0 Å². The Labute approximate surface area is 96.8 Å². The van der Waals surface area contributed by atoms with E-state index in [0.717, 1.165) is 11.8 Å². The summed E-state index contributed by atoms with van der Waals surface area (Å²) >= 11 is 0. The van der Waals surface area contributed by atoms with Gasteiger partial charge in [0.2, 0.25) is 11.8 Å². The molecule has 1 saturated carbocycles. The summed E-state index contributed by atoms with van der Waals surface area (Å²) in [5.74, 6) is 2.69. The maximum absolute atomic E-state index is 5.66. The summed E-state index contributed by atoms with van der Waals surface area (Å²) in [5, 5.41) is 11.5. The van der Waals surface area contributed by atoms with Gasteiger partial charge in [-0.25, -0.2) is 0 Å². The summed E-state index contributed by atoms with van der Waals surface area (Å²) in [6.45, 7) is 9.19. The summed E-state index contributed by atoms with van der Waals surface area (Å²) in [6, 6.07) is 0. The molecule has 1 heterocycles. The highest BCUT2D eigenvalue weighted by Crippen LogP contribution is 2.41. The molecule has 1 fully saturated rings. The maximum Gasteiger partial charge on any atom is 0.230 e. The molecule has 1 aliphatic rings. The topological polar surface area (TPSA) is 51.0 Å². The van der Waals surface area contributed by atoms with Gasteiger partial charge in [-0.15, -0.1) is 10.2 Å². The molecule has 0 radical (unpaired) electrons. The average Bonchev–Trinajstić information content (AvgIpc) is 2.92. The Kier molecular flexibility index (Phi) is 3.02. The zero-order valence-corrected chi connectivity index (χ0v) is 10.6. The highest BCUT2D eigenvalue weighted by molar-refractivity contribution is 4.97. The largest absolute Gasteiger partial charge is 0.424 e. The van der Waals surface area contributed by atoms with Crippen molar-refractivity contribution >= 4 is 0 Å². The van der Waals surface area contributed by atoms with E-state index in [-0.39, 0.29) is 5.54 Å². The van der Waals surface area contributed by atoms with Crippen molar-refractivity contribution in [3.63, 3.8) is 0 Å². The van der Waals surface area contributed by atoms with Gasteiger partial charge >= 0.3 is 0 Å². The van der Waals surface area contributed by atoms with Crippen molar-refractivity contribution in [3.8, 4) is 0 Å². The van der Waals surface area contributed by atoms with Crippen LogP contribution in [-0.2, 0) is 6.54 Å². The van der Waals surface area contributed by atoms with Gasteiger partial charge in [0.05, 0.1) is 6.54 Å². The van der Waals surface area contributed by atoms with E-state index in [4.69, 9.17) is 4.42 Å². The summed E-state index contributed by atoms with van der Waals surface area (Å²) in [6.07, 6.45) is 2.61. The highest BCUT2D eigenvalue weighted by Gasteiger charge is 2.32. The number of nitrogens with zero attached hydrogens (tertiary/aromatic N) is 2. The lowest BCUT2D eigenvalue weighted by atomic mass is 10.1. The summed E-state index contributed by atoms with van der Waals surface area (Å²) in [4.78, 5) is 0. The lowest BCUT2D eigenvalue weighted by molar-refractivity contribution is 0.358. The quantitative estimate of drug-likeness (QED) is 0.852. The highest BCUT2D eigenvalue weighted by atomic mass is 16.4. The van der Waals surface area contributed by atoms with E-state index in [1.807, 2.05) is 0 Å². The molecule has 2 rings (SSSR count). The molecule has 0 aliphatic heterocycles. The first kappa shape index (κ1) is 11.6. The van der Waals surface area contributed by atoms with E-state index in [2.05, 4.69) is 43.2 Å². The van der Waals surface area contributed by atoms with Crippen LogP contribution in [0.15, 0.2) is 4.42 Å². The van der Waals surface area contributed by atoms with Gasteiger partial charge in [0.1, 0.15) is 0 Å². The predicted molar refractivity (Wildman–Crippen MR) is 62.0 cm³/mol. The molecule has 90 valence electrons. The van der Waals surface area contributed by atoms with Crippen molar-refractivity contribution in [2.45, 2.75) is 58.5 Å². The molecule has 1 atom stereocenters. The van der Waals surface area contributed by atoms with Crippen molar-refractivity contribution < 1.29 is 4.42 Å². The normalized spacial score (nSPS) is 18.8. The van der Waals surface area contributed by atoms with Crippen LogP contribution in [0.25, 0.3) is 0 Å². The Hall–Kier alpha value is -0.900. The second-order valence-electron chi connectivity index (χ2n) is 5.76. The number of hydrogen-bond donors (Lipinski definition) is 1. The maximum atomic E-state index is 5.66. The second-order valence-corrected chi connectivity index (χ2v) is 5.76. The zero-order chi connectivity index (χ0) is 11.8. The monoisotopic (exact) mass is 223 g/mol. The average molecular weight is 223 g/mol. The fourth-order valence-electron chi connectivity index (χ4n) is 1.66. The smallest absolute Gasteiger partial charge is 0.230 e. The van der Waals surface area contributed by atoms with Crippen LogP contribution in [0.3, 0.4) is 0 Å². The second kappa shape index (κ2) is 4.17. The van der Waals surface area contributed by atoms with E-state index >= 15 is 0 Å². The molecule has 1 aromatic heterocycles. The number of aromatic nitrogens is 2. The van der Waals surface area contributed by atoms with Crippen LogP contribution < -0.4 is 5.32 Å². The Balaban J connectivity index is 1.91. The van der Waals surface area contributed by atoms with E-state index in [0.29, 0.717) is 18.4 Å². The van der Waals surface area contributed by atoms with Gasteiger partial charge in [-0.05, 0) is 39.5 Å². The lowest BCUT2D eigenvalue weighted by Crippen LogP contribution is -2.35. The predicted octanol–water partition coefficient (Wildman–Crippen LogP) is 2.47. The third kappa shape index (κ3) is 3.04. The van der Waals surface area contributed by atoms with Crippen molar-refractivity contribution in [1.29, 1.82) is 0 Å². The SMILES string of the molecule is CC(c1nnc(CNC(C)(C)C)o1)C1CC1. The Morgan fingerprint density at radius 3 is 2.62 bits per heavy atom. The van der Waals surface area contributed by atoms with Crippen LogP contribution in [0.2, 0.25) is 0 Å². The van der Waals surface area contributed by atoms with Crippen LogP contribution in [0.5, 0.6) is 0 Å². The van der Waals surface area contributed by atoms with Gasteiger partial charge in [0, 0.05) is 11.5 Å². The lowest BCUT2D eigenvalue weighted by Gasteiger charge is -2.18. The van der Waals surface area contributed by atoms with Gasteiger partial charge in [0.25, 0.3) is 0 Å². The standard InChI is InChI=1S/C12H21N3O/c1-8(9-5-6-9)11-15-14-10(16-11)7-13-12(2,3)4/h8-9,13H,5-7H2,1-4H3. The minimum Gasteiger partial charge on any atom is -0.424 e. The molecule has 4 nitrogen and oxygen atoms in total. The molecule has 1 aliphatic carbocycles. The van der Waals surface area contributed by atoms with Gasteiger partial charge in [0.15, 0.2) is 0 Å². The molecule has 0 bridgehead atoms. The van der Waals surface area contributed by atoms with Crippen LogP contribution in [-0.4, -0.2) is 15.7 Å². The fourth-order valence-corrected chi connectivity index (χ4v) is 1.66. The van der Waals surface area contributed by atoms with E-state index in [1.165, 1.54) is 12.8 Å². The first-order chi connectivity index (χ1) is 7.46. The van der Waals surface area contributed by atoms with Crippen LogP contribution in [0, 0.1) is 5.92 Å². The minimum absolute atomic E-state index is 0.0801. The molecule has 4 heteroatoms. The van der Waals surface area contributed by atoms with Gasteiger partial charge in [-0.1, -0.05) is 6.92 Å². The molecular formula is C12H21N3O. The van der Waals surface area contributed by atoms with Crippen molar-refractivity contribution in [1.82, 2.24) is 15.5 Å². The molecule has 0 spiro atoms. The number of hydrogen-bond acceptors (Lipinski definition) is 4. The van der Waals surface area contributed by atoms with Crippen LogP contribution in [0.4, 0.5) is 0 Å². The van der Waals surface area contributed by atoms with Crippen LogP contribution >= 0.6 is 0 Å². The zero-order valence-electron chi connectivity index (χ0n) is 10.6. The first-order valence-electron chi connectivity index (χ1n) is 6.03. The first-order valence-corrected chi connectivity index (χ1v) is 6.03. The van der Waals surface area contributed by atoms with Gasteiger partial charge in [-0.2, -0.15) is 0 Å². The third-order valence-electron chi connectivity index (χ3n) is 2.97. The number of nitrogens with one attached hydrogen (secondary N) is 1. The van der Waals surface area contributed by atoms with E-state index in [1.54, 1.807) is 0 Å². The third-order valence-corrected chi connectivity index (χ3v) is 2.97. The van der Waals surface area contributed by atoms with Crippen molar-refractivity contribution in [3.05, 3.63) is 11.8 Å². The minimum atomic E-state index is 0.0801. The molecule has 0 saturated heterocycles. The van der Waals surface area contributed by atoms with Crippen LogP contribution in [0.1, 0.15) is 58.2 Å². The molecule has 1 N–H and O–H groups in total. The number of rotatable bonds is 4. The summed E-state index contributed by atoms with van der Waals surface area (Å²) in [5.41, 5.74) is 0.0801. The van der Waals surface area contributed by atoms with Crippen molar-refractivity contribution in [2.75, 3.05) is 0 Å². The Morgan fingerprint density at radius 1 is 1.38 bits per heavy atom. The summed E-state index contributed by atoms with van der Waals surface area (Å²) in [7, 11) is 0. The molecule has 0 aromatic carbocycles. The van der Waals surface area contributed by atoms with E-state index < -0.39 is 0 Å². The van der Waals surface area contributed by atoms with Gasteiger partial charge in [-0.3, -0.25) is 0 Å². The molecule has 16 heavy (non-hydrogen) atoms. The Morgan fingerprint density at radius 2 is 2.06 bits per heavy atom. The molecule has 1 aromatic rings. The molecular weight excluding hydrogens is 202 g/mol. The fraction of sp³-hybridized carbons (Fsp3) is 0.833. The van der Waals surface area contributed by atoms with Crippen molar-refractivity contribution in [2.24, 2.45) is 5.92 Å². The Bertz CT molecular complexity index is 349. The molecule has 0 amide bonds. The molecule has 1 unspecified atom stereocenters. The van der Waals surface area contributed by atoms with Gasteiger partial charge < -0.3 is 9.73 Å².